The summed E-state index contributed by atoms with van der Waals surface area (Å²) in [4.78, 5) is 46.1. The predicted octanol–water partition coefficient (Wildman–Crippen LogP) is 2.18. The first-order valence-corrected chi connectivity index (χ1v) is 10.6. The maximum Gasteiger partial charge on any atom is 0.303 e. The van der Waals surface area contributed by atoms with E-state index < -0.39 is 42.2 Å². The summed E-state index contributed by atoms with van der Waals surface area (Å²) in [5.74, 6) is -0.980. The van der Waals surface area contributed by atoms with Crippen LogP contribution >= 0.6 is 23.5 Å². The molecule has 0 fully saturated rings. The van der Waals surface area contributed by atoms with E-state index in [1.165, 1.54) is 51.2 Å². The predicted molar refractivity (Wildman–Crippen MR) is 103 cm³/mol. The summed E-state index contributed by atoms with van der Waals surface area (Å²) in [5, 5.41) is 0. The van der Waals surface area contributed by atoms with E-state index in [0.29, 0.717) is 0 Å². The van der Waals surface area contributed by atoms with Gasteiger partial charge in [-0.2, -0.15) is 0 Å². The van der Waals surface area contributed by atoms with Crippen LogP contribution in [0.2, 0.25) is 0 Å². The number of rotatable bonds is 12. The van der Waals surface area contributed by atoms with Crippen LogP contribution < -0.4 is 0 Å². The van der Waals surface area contributed by atoms with Gasteiger partial charge in [-0.1, -0.05) is 13.8 Å². The summed E-state index contributed by atoms with van der Waals surface area (Å²) in [6.45, 7) is 8.40. The number of esters is 4. The number of carbonyl (C=O) groups excluding carboxylic acids is 4. The van der Waals surface area contributed by atoms with Crippen molar-refractivity contribution in [3.8, 4) is 0 Å². The normalized spacial score (nSPS) is 14.0. The van der Waals surface area contributed by atoms with E-state index in [2.05, 4.69) is 0 Å². The van der Waals surface area contributed by atoms with Gasteiger partial charge in [-0.3, -0.25) is 19.2 Å². The van der Waals surface area contributed by atoms with E-state index in [4.69, 9.17) is 18.9 Å². The van der Waals surface area contributed by atoms with Crippen molar-refractivity contribution in [1.29, 1.82) is 0 Å². The fourth-order valence-corrected chi connectivity index (χ4v) is 4.85. The molecule has 156 valence electrons. The maximum absolute atomic E-state index is 11.7. The van der Waals surface area contributed by atoms with Crippen LogP contribution in [0, 0.1) is 0 Å². The molecule has 8 nitrogen and oxygen atoms in total. The van der Waals surface area contributed by atoms with Crippen molar-refractivity contribution >= 4 is 47.4 Å². The lowest BCUT2D eigenvalue weighted by Gasteiger charge is -2.35. The highest BCUT2D eigenvalue weighted by atomic mass is 32.2. The van der Waals surface area contributed by atoms with E-state index in [-0.39, 0.29) is 11.2 Å². The van der Waals surface area contributed by atoms with Gasteiger partial charge in [0.05, 0.1) is 4.58 Å². The van der Waals surface area contributed by atoms with Crippen molar-refractivity contribution in [3.63, 3.8) is 0 Å². The van der Waals surface area contributed by atoms with Gasteiger partial charge in [0.1, 0.15) is 6.61 Å². The summed E-state index contributed by atoms with van der Waals surface area (Å²) in [7, 11) is 0. The second-order valence-electron chi connectivity index (χ2n) is 5.38. The highest BCUT2D eigenvalue weighted by Gasteiger charge is 2.42. The van der Waals surface area contributed by atoms with Crippen LogP contribution in [0.3, 0.4) is 0 Å². The first-order chi connectivity index (χ1) is 12.6. The van der Waals surface area contributed by atoms with Crippen LogP contribution in [0.25, 0.3) is 0 Å². The molecule has 27 heavy (non-hydrogen) atoms. The van der Waals surface area contributed by atoms with Crippen molar-refractivity contribution in [2.24, 2.45) is 0 Å². The topological polar surface area (TPSA) is 105 Å². The molecular weight excluding hydrogens is 396 g/mol. The van der Waals surface area contributed by atoms with E-state index in [1.807, 2.05) is 13.8 Å². The fourth-order valence-electron chi connectivity index (χ4n) is 2.19. The van der Waals surface area contributed by atoms with E-state index in [1.54, 1.807) is 0 Å². The third-order valence-corrected chi connectivity index (χ3v) is 5.67. The first kappa shape index (κ1) is 25.6. The number of ether oxygens (including phenoxy) is 4. The van der Waals surface area contributed by atoms with Crippen LogP contribution in [0.15, 0.2) is 0 Å². The number of hydrogen-bond acceptors (Lipinski definition) is 10. The number of carbonyl (C=O) groups is 4. The molecule has 0 amide bonds. The molecule has 0 radical (unpaired) electrons. The molecule has 0 rings (SSSR count). The Morgan fingerprint density at radius 1 is 0.704 bits per heavy atom. The highest BCUT2D eigenvalue weighted by Crippen LogP contribution is 2.32. The molecule has 0 unspecified atom stereocenters. The second kappa shape index (κ2) is 13.7. The molecule has 0 aliphatic heterocycles. The third-order valence-electron chi connectivity index (χ3n) is 2.99. The Balaban J connectivity index is 5.92. The average Bonchev–Trinajstić information content (AvgIpc) is 2.53. The Hall–Kier alpha value is -1.42. The summed E-state index contributed by atoms with van der Waals surface area (Å²) >= 11 is 3.03. The third kappa shape index (κ3) is 11.1. The van der Waals surface area contributed by atoms with Crippen molar-refractivity contribution in [1.82, 2.24) is 0 Å². The molecule has 0 aliphatic carbocycles. The molecule has 0 aromatic rings. The molecule has 3 atom stereocenters. The molecule has 0 saturated heterocycles. The van der Waals surface area contributed by atoms with Gasteiger partial charge in [-0.05, 0) is 11.5 Å². The lowest BCUT2D eigenvalue weighted by molar-refractivity contribution is -0.187. The van der Waals surface area contributed by atoms with Gasteiger partial charge < -0.3 is 18.9 Å². The van der Waals surface area contributed by atoms with Crippen molar-refractivity contribution < 1.29 is 38.1 Å². The lowest BCUT2D eigenvalue weighted by Crippen LogP contribution is -2.50. The monoisotopic (exact) mass is 424 g/mol. The van der Waals surface area contributed by atoms with Crippen LogP contribution in [-0.2, 0) is 38.1 Å². The van der Waals surface area contributed by atoms with Crippen molar-refractivity contribution in [2.45, 2.75) is 64.4 Å². The van der Waals surface area contributed by atoms with Crippen LogP contribution in [0.5, 0.6) is 0 Å². The van der Waals surface area contributed by atoms with Gasteiger partial charge in [-0.15, -0.1) is 23.5 Å². The molecule has 0 bridgehead atoms. The second-order valence-corrected chi connectivity index (χ2v) is 8.51. The molecule has 0 spiro atoms. The first-order valence-electron chi connectivity index (χ1n) is 8.50. The molecule has 0 aromatic carbocycles. The molecular formula is C17H28O8S2. The summed E-state index contributed by atoms with van der Waals surface area (Å²) in [6, 6.07) is 0. The Labute approximate surface area is 168 Å². The number of hydrogen-bond donors (Lipinski definition) is 0. The zero-order chi connectivity index (χ0) is 21.0. The van der Waals surface area contributed by atoms with E-state index in [9.17, 15) is 19.2 Å². The van der Waals surface area contributed by atoms with Crippen LogP contribution in [-0.4, -0.2) is 64.9 Å². The smallest absolute Gasteiger partial charge is 0.303 e. The minimum atomic E-state index is -1.13. The Morgan fingerprint density at radius 2 is 1.15 bits per heavy atom. The van der Waals surface area contributed by atoms with Crippen LogP contribution in [0.4, 0.5) is 0 Å². The fraction of sp³-hybridized carbons (Fsp3) is 0.765. The Bertz CT molecular complexity index is 505. The van der Waals surface area contributed by atoms with Gasteiger partial charge in [0.15, 0.2) is 18.3 Å². The van der Waals surface area contributed by atoms with Crippen molar-refractivity contribution in [3.05, 3.63) is 0 Å². The molecule has 0 heterocycles. The zero-order valence-electron chi connectivity index (χ0n) is 16.5. The standard InChI is InChI=1S/C17H28O8S2/c1-7-26-17(27-8-2)16(25-13(6)21)15(24-12(5)20)14(23-11(4)19)9-22-10(3)18/h14-17H,7-9H2,1-6H3/t14-,15-,16+/m1/s1. The SMILES string of the molecule is CCSC(SCC)[C@@H](OC(C)=O)[C@H](OC(C)=O)[C@@H](COC(C)=O)OC(C)=O. The molecule has 0 saturated carbocycles. The van der Waals surface area contributed by atoms with Gasteiger partial charge in [0.2, 0.25) is 0 Å². The molecule has 10 heteroatoms. The minimum absolute atomic E-state index is 0.274. The van der Waals surface area contributed by atoms with Crippen molar-refractivity contribution in [2.75, 3.05) is 18.1 Å². The van der Waals surface area contributed by atoms with Gasteiger partial charge in [0.25, 0.3) is 0 Å². The van der Waals surface area contributed by atoms with Gasteiger partial charge in [-0.25, -0.2) is 0 Å². The summed E-state index contributed by atoms with van der Waals surface area (Å²) in [5.41, 5.74) is 0. The number of thioether (sulfide) groups is 2. The molecule has 0 aliphatic rings. The Kier molecular flexibility index (Phi) is 13.0. The Morgan fingerprint density at radius 3 is 1.52 bits per heavy atom. The minimum Gasteiger partial charge on any atom is -0.462 e. The largest absolute Gasteiger partial charge is 0.462 e. The molecule has 0 N–H and O–H groups in total. The van der Waals surface area contributed by atoms with E-state index >= 15 is 0 Å². The average molecular weight is 425 g/mol. The van der Waals surface area contributed by atoms with Gasteiger partial charge in [0, 0.05) is 27.7 Å². The maximum atomic E-state index is 11.7. The lowest BCUT2D eigenvalue weighted by atomic mass is 10.1. The molecule has 0 aromatic heterocycles. The van der Waals surface area contributed by atoms with E-state index in [0.717, 1.165) is 11.5 Å². The van der Waals surface area contributed by atoms with Crippen LogP contribution in [0.1, 0.15) is 41.5 Å². The summed E-state index contributed by atoms with van der Waals surface area (Å²) in [6.07, 6.45) is -3.14. The van der Waals surface area contributed by atoms with Gasteiger partial charge >= 0.3 is 23.9 Å². The highest BCUT2D eigenvalue weighted by molar-refractivity contribution is 8.17. The summed E-state index contributed by atoms with van der Waals surface area (Å²) < 4.78 is 20.7. The zero-order valence-corrected chi connectivity index (χ0v) is 18.1. The quantitative estimate of drug-likeness (QED) is 0.263.